The number of nitrogens with zero attached hydrogens (tertiary/aromatic N) is 5. The number of alkyl halides is 3. The van der Waals surface area contributed by atoms with Gasteiger partial charge < -0.3 is 29.9 Å². The van der Waals surface area contributed by atoms with Crippen LogP contribution in [-0.2, 0) is 10.9 Å². The first-order valence-electron chi connectivity index (χ1n) is 14.6. The monoisotopic (exact) mass is 648 g/mol. The van der Waals surface area contributed by atoms with Crippen LogP contribution in [0.4, 0.5) is 30.5 Å². The van der Waals surface area contributed by atoms with Gasteiger partial charge in [0.2, 0.25) is 5.95 Å². The number of aliphatic hydroxyl groups excluding tert-OH is 1. The number of piperazine rings is 1. The number of carbonyl (C=O) groups excluding carboxylic acids is 1. The summed E-state index contributed by atoms with van der Waals surface area (Å²) in [4.78, 5) is 29.8. The van der Waals surface area contributed by atoms with E-state index in [9.17, 15) is 18.0 Å². The minimum absolute atomic E-state index is 0.0125. The zero-order chi connectivity index (χ0) is 31.0. The second-order valence-corrected chi connectivity index (χ2v) is 13.4. The largest absolute Gasteiger partial charge is 0.420 e. The van der Waals surface area contributed by atoms with Crippen molar-refractivity contribution in [2.24, 2.45) is 0 Å². The maximum Gasteiger partial charge on any atom is 0.420 e. The van der Waals surface area contributed by atoms with Crippen LogP contribution in [0.15, 0.2) is 35.4 Å². The molecule has 0 unspecified atom stereocenters. The van der Waals surface area contributed by atoms with Crippen molar-refractivity contribution < 1.29 is 27.8 Å². The molecule has 1 saturated carbocycles. The Morgan fingerprint density at radius 3 is 2.48 bits per heavy atom. The van der Waals surface area contributed by atoms with Crippen LogP contribution in [0.5, 0.6) is 0 Å². The van der Waals surface area contributed by atoms with Gasteiger partial charge in [0.25, 0.3) is 5.91 Å². The Labute approximate surface area is 262 Å². The number of hydrogen-bond donors (Lipinski definition) is 2. The molecule has 3 fully saturated rings. The van der Waals surface area contributed by atoms with Gasteiger partial charge in [-0.25, -0.2) is 9.97 Å². The Morgan fingerprint density at radius 2 is 1.82 bits per heavy atom. The highest BCUT2D eigenvalue weighted by atomic mass is 32.2. The molecule has 3 aliphatic heterocycles. The third-order valence-electron chi connectivity index (χ3n) is 8.30. The lowest BCUT2D eigenvalue weighted by atomic mass is 10.1. The summed E-state index contributed by atoms with van der Waals surface area (Å²) in [6.45, 7) is 5.48. The van der Waals surface area contributed by atoms with Gasteiger partial charge in [-0.1, -0.05) is 0 Å². The average molecular weight is 649 g/mol. The van der Waals surface area contributed by atoms with E-state index in [0.717, 1.165) is 80.6 Å². The number of fused-ring (bicyclic) bond motifs is 1. The van der Waals surface area contributed by atoms with E-state index in [-0.39, 0.29) is 23.6 Å². The molecule has 0 bridgehead atoms. The number of ether oxygens (including phenoxy) is 1. The highest BCUT2D eigenvalue weighted by Gasteiger charge is 2.38. The molecular weight excluding hydrogens is 613 g/mol. The molecule has 14 heteroatoms. The molecule has 0 spiro atoms. The van der Waals surface area contributed by atoms with Crippen molar-refractivity contribution >= 4 is 46.3 Å². The normalized spacial score (nSPS) is 19.5. The number of thiophene rings is 1. The second kappa shape index (κ2) is 12.8. The molecule has 0 radical (unpaired) electrons. The van der Waals surface area contributed by atoms with Crippen LogP contribution in [0.2, 0.25) is 0 Å². The number of carbonyl (C=O) groups is 1. The average Bonchev–Trinajstić information content (AvgIpc) is 3.77. The van der Waals surface area contributed by atoms with Crippen LogP contribution in [0.3, 0.4) is 0 Å². The van der Waals surface area contributed by atoms with E-state index in [0.29, 0.717) is 46.1 Å². The topological polar surface area (TPSA) is 94.1 Å². The quantitative estimate of drug-likeness (QED) is 0.377. The van der Waals surface area contributed by atoms with E-state index in [1.807, 2.05) is 6.07 Å². The van der Waals surface area contributed by atoms with Gasteiger partial charge in [-0.3, -0.25) is 4.79 Å². The fraction of sp³-hybridized carbons (Fsp3) is 0.500. The molecule has 7 rings (SSSR count). The molecule has 9 nitrogen and oxygen atoms in total. The van der Waals surface area contributed by atoms with Gasteiger partial charge in [0.1, 0.15) is 10.4 Å². The minimum atomic E-state index is -4.65. The fourth-order valence-electron chi connectivity index (χ4n) is 5.60. The first kappa shape index (κ1) is 31.1. The summed E-state index contributed by atoms with van der Waals surface area (Å²) in [5, 5.41) is 10.2. The molecule has 1 amide bonds. The number of likely N-dealkylation sites (N-methyl/N-ethyl adjacent to an activating group) is 1. The van der Waals surface area contributed by atoms with Crippen LogP contribution < -0.4 is 10.2 Å². The number of aliphatic hydroxyl groups is 1. The lowest BCUT2D eigenvalue weighted by Crippen LogP contribution is -2.52. The smallest absolute Gasteiger partial charge is 0.400 e. The third kappa shape index (κ3) is 6.41. The zero-order valence-electron chi connectivity index (χ0n) is 24.6. The highest BCUT2D eigenvalue weighted by Crippen LogP contribution is 2.46. The van der Waals surface area contributed by atoms with Gasteiger partial charge in [0, 0.05) is 68.1 Å². The summed E-state index contributed by atoms with van der Waals surface area (Å²) in [6.07, 6.45) is -1.64. The standard InChI is InChI=1S/C29H31F3N6O2S2.CH4O/c1-36-6-8-37(9-7-36)18-4-5-22(20(12-18)17-2-3-17)34-28-33-14-21(29(30,31)32)25(35-28)23-13-24-26(42-23)27(39)38(10-11-41-24)19-15-40-16-19;1-2/h4-5,12-14,17,19H,2-3,6-11,15-16H2,1H3,(H,33,34,35);2H,1H3. The van der Waals surface area contributed by atoms with Gasteiger partial charge >= 0.3 is 6.18 Å². The van der Waals surface area contributed by atoms with E-state index in [4.69, 9.17) is 9.84 Å². The van der Waals surface area contributed by atoms with E-state index in [1.54, 1.807) is 11.0 Å². The Hall–Kier alpha value is -2.91. The lowest BCUT2D eigenvalue weighted by molar-refractivity contribution is -0.137. The van der Waals surface area contributed by atoms with Crippen molar-refractivity contribution in [2.75, 3.05) is 76.1 Å². The molecule has 44 heavy (non-hydrogen) atoms. The molecule has 4 aliphatic rings. The predicted molar refractivity (Wildman–Crippen MR) is 166 cm³/mol. The summed E-state index contributed by atoms with van der Waals surface area (Å²) < 4.78 is 47.8. The minimum Gasteiger partial charge on any atom is -0.400 e. The van der Waals surface area contributed by atoms with Crippen molar-refractivity contribution in [1.82, 2.24) is 19.8 Å². The number of thioether (sulfide) groups is 1. The number of hydrogen-bond acceptors (Lipinski definition) is 10. The van der Waals surface area contributed by atoms with Gasteiger partial charge in [-0.15, -0.1) is 23.1 Å². The van der Waals surface area contributed by atoms with Gasteiger partial charge in [0.15, 0.2) is 0 Å². The zero-order valence-corrected chi connectivity index (χ0v) is 26.2. The number of rotatable bonds is 6. The van der Waals surface area contributed by atoms with E-state index >= 15 is 0 Å². The lowest BCUT2D eigenvalue weighted by Gasteiger charge is -2.36. The number of halogens is 3. The maximum atomic E-state index is 14.2. The third-order valence-corrected chi connectivity index (χ3v) is 10.6. The van der Waals surface area contributed by atoms with Crippen molar-refractivity contribution in [3.8, 4) is 10.6 Å². The molecule has 236 valence electrons. The predicted octanol–water partition coefficient (Wildman–Crippen LogP) is 5.15. The Morgan fingerprint density at radius 1 is 1.07 bits per heavy atom. The molecule has 3 aromatic rings. The molecule has 1 aromatic carbocycles. The molecule has 2 saturated heterocycles. The van der Waals surface area contributed by atoms with Gasteiger partial charge in [-0.05, 0) is 55.6 Å². The van der Waals surface area contributed by atoms with Crippen LogP contribution in [0.25, 0.3) is 10.6 Å². The molecule has 5 heterocycles. The number of benzene rings is 1. The number of nitrogens with one attached hydrogen (secondary N) is 1. The number of aromatic nitrogens is 2. The molecule has 2 aromatic heterocycles. The second-order valence-electron chi connectivity index (χ2n) is 11.3. The summed E-state index contributed by atoms with van der Waals surface area (Å²) >= 11 is 2.56. The summed E-state index contributed by atoms with van der Waals surface area (Å²) in [5.74, 6) is 1.02. The van der Waals surface area contributed by atoms with Crippen molar-refractivity contribution in [3.63, 3.8) is 0 Å². The van der Waals surface area contributed by atoms with E-state index < -0.39 is 11.7 Å². The van der Waals surface area contributed by atoms with Crippen LogP contribution in [-0.4, -0.2) is 103 Å². The highest BCUT2D eigenvalue weighted by molar-refractivity contribution is 7.99. The SMILES string of the molecule is CN1CCN(c2ccc(Nc3ncc(C(F)(F)F)c(-c4cc5c(s4)C(=O)N(C4COC4)CCS5)n3)c(C3CC3)c2)CC1.CO. The Balaban J connectivity index is 0.00000168. The molecule has 1 aliphatic carbocycles. The van der Waals surface area contributed by atoms with Crippen LogP contribution in [0.1, 0.15) is 39.6 Å². The molecule has 2 N–H and O–H groups in total. The van der Waals surface area contributed by atoms with Crippen molar-refractivity contribution in [2.45, 2.75) is 35.9 Å². The van der Waals surface area contributed by atoms with E-state index in [2.05, 4.69) is 44.3 Å². The Bertz CT molecular complexity index is 1500. The summed E-state index contributed by atoms with van der Waals surface area (Å²) in [7, 11) is 3.13. The fourth-order valence-corrected chi connectivity index (χ4v) is 7.92. The van der Waals surface area contributed by atoms with Crippen molar-refractivity contribution in [1.29, 1.82) is 0 Å². The van der Waals surface area contributed by atoms with Crippen LogP contribution in [0, 0.1) is 0 Å². The Kier molecular flexibility index (Phi) is 9.07. The summed E-state index contributed by atoms with van der Waals surface area (Å²) in [5.41, 5.74) is 1.98. The molecular formula is C30H35F3N6O3S2. The van der Waals surface area contributed by atoms with E-state index in [1.165, 1.54) is 11.8 Å². The first-order chi connectivity index (χ1) is 21.2. The van der Waals surface area contributed by atoms with Crippen LogP contribution >= 0.6 is 23.1 Å². The van der Waals surface area contributed by atoms with Gasteiger partial charge in [-0.2, -0.15) is 13.2 Å². The van der Waals surface area contributed by atoms with Gasteiger partial charge in [0.05, 0.1) is 29.8 Å². The number of amides is 1. The summed E-state index contributed by atoms with van der Waals surface area (Å²) in [6, 6.07) is 7.93. The van der Waals surface area contributed by atoms with Crippen molar-refractivity contribution in [3.05, 3.63) is 46.5 Å². The first-order valence-corrected chi connectivity index (χ1v) is 16.4. The maximum absolute atomic E-state index is 14.2. The number of anilines is 3. The molecule has 0 atom stereocenters.